The lowest BCUT2D eigenvalue weighted by Gasteiger charge is -2.12. The van der Waals surface area contributed by atoms with Crippen molar-refractivity contribution in [2.24, 2.45) is 0 Å². The maximum atomic E-state index is 12.1. The van der Waals surface area contributed by atoms with E-state index in [1.54, 1.807) is 23.9 Å². The molecule has 5 rings (SSSR count). The molecular weight excluding hydrogens is 356 g/mol. The van der Waals surface area contributed by atoms with Gasteiger partial charge in [0, 0.05) is 22.5 Å². The SMILES string of the molecule is O=c1cc(COc2ncnc3sc4c(c23)CCCC4)nc2sccn12. The number of fused-ring (bicyclic) bond motifs is 4. The molecule has 0 amide bonds. The Balaban J connectivity index is 1.51. The fourth-order valence-electron chi connectivity index (χ4n) is 3.27. The van der Waals surface area contributed by atoms with E-state index in [0.717, 1.165) is 23.1 Å². The first-order valence-corrected chi connectivity index (χ1v) is 9.83. The minimum Gasteiger partial charge on any atom is -0.471 e. The Morgan fingerprint density at radius 2 is 2.16 bits per heavy atom. The molecule has 0 aliphatic heterocycles. The first-order valence-electron chi connectivity index (χ1n) is 8.13. The molecule has 1 aliphatic carbocycles. The predicted molar refractivity (Wildman–Crippen MR) is 97.7 cm³/mol. The second kappa shape index (κ2) is 5.89. The summed E-state index contributed by atoms with van der Waals surface area (Å²) in [7, 11) is 0. The Labute approximate surface area is 150 Å². The summed E-state index contributed by atoms with van der Waals surface area (Å²) in [5.74, 6) is 0.595. The summed E-state index contributed by atoms with van der Waals surface area (Å²) < 4.78 is 7.49. The first kappa shape index (κ1) is 15.0. The molecule has 8 heteroatoms. The van der Waals surface area contributed by atoms with Crippen LogP contribution >= 0.6 is 22.7 Å². The molecular formula is C17H14N4O2S2. The summed E-state index contributed by atoms with van der Waals surface area (Å²) in [6, 6.07) is 1.52. The number of aromatic nitrogens is 4. The molecule has 0 spiro atoms. The summed E-state index contributed by atoms with van der Waals surface area (Å²) in [5.41, 5.74) is 1.86. The molecule has 1 aliphatic rings. The van der Waals surface area contributed by atoms with E-state index < -0.39 is 0 Å². The number of hydrogen-bond donors (Lipinski definition) is 0. The van der Waals surface area contributed by atoms with Crippen LogP contribution in [0.25, 0.3) is 15.2 Å². The van der Waals surface area contributed by atoms with Crippen LogP contribution in [0.5, 0.6) is 5.88 Å². The van der Waals surface area contributed by atoms with Crippen LogP contribution in [0.2, 0.25) is 0 Å². The molecule has 126 valence electrons. The molecule has 6 nitrogen and oxygen atoms in total. The minimum absolute atomic E-state index is 0.0920. The molecule has 0 unspecified atom stereocenters. The molecule has 4 aromatic heterocycles. The van der Waals surface area contributed by atoms with Crippen molar-refractivity contribution in [2.45, 2.75) is 32.3 Å². The summed E-state index contributed by atoms with van der Waals surface area (Å²) in [4.78, 5) is 28.4. The highest BCUT2D eigenvalue weighted by Crippen LogP contribution is 2.39. The molecule has 0 fully saturated rings. The zero-order chi connectivity index (χ0) is 16.8. The predicted octanol–water partition coefficient (Wildman–Crippen LogP) is 3.22. The van der Waals surface area contributed by atoms with Gasteiger partial charge in [-0.05, 0) is 31.2 Å². The van der Waals surface area contributed by atoms with Gasteiger partial charge in [-0.3, -0.25) is 9.20 Å². The molecule has 4 heterocycles. The normalized spacial score (nSPS) is 14.1. The van der Waals surface area contributed by atoms with Gasteiger partial charge in [0.15, 0.2) is 4.96 Å². The Hall–Kier alpha value is -2.32. The van der Waals surface area contributed by atoms with E-state index in [-0.39, 0.29) is 12.2 Å². The van der Waals surface area contributed by atoms with Crippen molar-refractivity contribution >= 4 is 37.9 Å². The highest BCUT2D eigenvalue weighted by atomic mass is 32.1. The van der Waals surface area contributed by atoms with Crippen LogP contribution in [-0.4, -0.2) is 19.4 Å². The van der Waals surface area contributed by atoms with Crippen LogP contribution in [0.3, 0.4) is 0 Å². The number of nitrogens with zero attached hydrogens (tertiary/aromatic N) is 4. The molecule has 4 aromatic rings. The van der Waals surface area contributed by atoms with Gasteiger partial charge in [0.1, 0.15) is 17.8 Å². The van der Waals surface area contributed by atoms with E-state index in [1.807, 2.05) is 5.38 Å². The number of ether oxygens (including phenoxy) is 1. The van der Waals surface area contributed by atoms with Gasteiger partial charge in [-0.1, -0.05) is 0 Å². The van der Waals surface area contributed by atoms with Crippen molar-refractivity contribution in [1.82, 2.24) is 19.4 Å². The molecule has 0 atom stereocenters. The fourth-order valence-corrected chi connectivity index (χ4v) is 5.23. The lowest BCUT2D eigenvalue weighted by Crippen LogP contribution is -2.14. The second-order valence-corrected chi connectivity index (χ2v) is 7.96. The average molecular weight is 370 g/mol. The maximum absolute atomic E-state index is 12.1. The van der Waals surface area contributed by atoms with E-state index in [4.69, 9.17) is 4.74 Å². The van der Waals surface area contributed by atoms with Crippen LogP contribution < -0.4 is 10.3 Å². The minimum atomic E-state index is -0.0920. The van der Waals surface area contributed by atoms with E-state index in [2.05, 4.69) is 15.0 Å². The van der Waals surface area contributed by atoms with Crippen LogP contribution in [0.1, 0.15) is 29.0 Å². The molecule has 0 saturated carbocycles. The van der Waals surface area contributed by atoms with Crippen molar-refractivity contribution in [2.75, 3.05) is 0 Å². The Morgan fingerprint density at radius 1 is 1.24 bits per heavy atom. The molecule has 0 saturated heterocycles. The van der Waals surface area contributed by atoms with Gasteiger partial charge in [-0.25, -0.2) is 15.0 Å². The highest BCUT2D eigenvalue weighted by molar-refractivity contribution is 7.18. The summed E-state index contributed by atoms with van der Waals surface area (Å²) in [5, 5.41) is 2.89. The van der Waals surface area contributed by atoms with Gasteiger partial charge in [0.05, 0.1) is 11.1 Å². The van der Waals surface area contributed by atoms with Crippen molar-refractivity contribution in [3.63, 3.8) is 0 Å². The lowest BCUT2D eigenvalue weighted by atomic mass is 9.97. The summed E-state index contributed by atoms with van der Waals surface area (Å²) in [6.45, 7) is 0.223. The third kappa shape index (κ3) is 2.52. The van der Waals surface area contributed by atoms with Gasteiger partial charge in [0.25, 0.3) is 5.56 Å². The topological polar surface area (TPSA) is 69.4 Å². The highest BCUT2D eigenvalue weighted by Gasteiger charge is 2.20. The molecule has 0 N–H and O–H groups in total. The Kier molecular flexibility index (Phi) is 3.53. The van der Waals surface area contributed by atoms with E-state index >= 15 is 0 Å². The van der Waals surface area contributed by atoms with Crippen LogP contribution in [0.4, 0.5) is 0 Å². The lowest BCUT2D eigenvalue weighted by molar-refractivity contribution is 0.293. The average Bonchev–Trinajstić information content (AvgIpc) is 3.24. The van der Waals surface area contributed by atoms with Crippen molar-refractivity contribution in [3.8, 4) is 5.88 Å². The van der Waals surface area contributed by atoms with Crippen LogP contribution in [0.15, 0.2) is 28.8 Å². The quantitative estimate of drug-likeness (QED) is 0.554. The molecule has 0 radical (unpaired) electrons. The zero-order valence-corrected chi connectivity index (χ0v) is 14.9. The molecule has 25 heavy (non-hydrogen) atoms. The number of hydrogen-bond acceptors (Lipinski definition) is 7. The van der Waals surface area contributed by atoms with E-state index in [9.17, 15) is 4.79 Å². The number of thiazole rings is 1. The van der Waals surface area contributed by atoms with Crippen molar-refractivity contribution < 1.29 is 4.74 Å². The Bertz CT molecular complexity index is 1140. The van der Waals surface area contributed by atoms with E-state index in [0.29, 0.717) is 16.5 Å². The third-order valence-corrected chi connectivity index (χ3v) is 6.39. The molecule has 0 aromatic carbocycles. The summed E-state index contributed by atoms with van der Waals surface area (Å²) in [6.07, 6.45) is 7.87. The molecule has 0 bridgehead atoms. The van der Waals surface area contributed by atoms with Gasteiger partial charge >= 0.3 is 0 Å². The number of thiophene rings is 1. The fraction of sp³-hybridized carbons (Fsp3) is 0.294. The van der Waals surface area contributed by atoms with Gasteiger partial charge in [-0.2, -0.15) is 0 Å². The number of rotatable bonds is 3. The second-order valence-electron chi connectivity index (χ2n) is 6.00. The van der Waals surface area contributed by atoms with Gasteiger partial charge in [0.2, 0.25) is 5.88 Å². The smallest absolute Gasteiger partial charge is 0.258 e. The monoisotopic (exact) mass is 370 g/mol. The third-order valence-electron chi connectivity index (χ3n) is 4.43. The van der Waals surface area contributed by atoms with Gasteiger partial charge in [-0.15, -0.1) is 22.7 Å². The zero-order valence-electron chi connectivity index (χ0n) is 13.3. The van der Waals surface area contributed by atoms with Crippen LogP contribution in [-0.2, 0) is 19.4 Å². The van der Waals surface area contributed by atoms with Crippen molar-refractivity contribution in [3.05, 3.63) is 50.5 Å². The maximum Gasteiger partial charge on any atom is 0.258 e. The number of aryl methyl sites for hydroxylation is 2. The standard InChI is InChI=1S/C17H14N4O2S2/c22-13-7-10(20-17-21(13)5-6-24-17)8-23-15-14-11-3-1-2-4-12(11)25-16(14)19-9-18-15/h5-7,9H,1-4,8H2. The van der Waals surface area contributed by atoms with E-state index in [1.165, 1.54) is 45.1 Å². The van der Waals surface area contributed by atoms with Gasteiger partial charge < -0.3 is 4.74 Å². The van der Waals surface area contributed by atoms with Crippen molar-refractivity contribution in [1.29, 1.82) is 0 Å². The largest absolute Gasteiger partial charge is 0.471 e. The first-order chi connectivity index (χ1) is 12.3. The summed E-state index contributed by atoms with van der Waals surface area (Å²) >= 11 is 3.17. The van der Waals surface area contributed by atoms with Crippen LogP contribution in [0, 0.1) is 0 Å². The Morgan fingerprint density at radius 3 is 3.12 bits per heavy atom.